The van der Waals surface area contributed by atoms with Crippen molar-refractivity contribution in [2.45, 2.75) is 32.7 Å². The maximum Gasteiger partial charge on any atom is 0.369 e. The normalized spacial score (nSPS) is 12.3. The molecule has 0 saturated carbocycles. The van der Waals surface area contributed by atoms with Gasteiger partial charge in [0.25, 0.3) is 0 Å². The molecule has 0 aliphatic heterocycles. The summed E-state index contributed by atoms with van der Waals surface area (Å²) < 4.78 is 20.6. The van der Waals surface area contributed by atoms with E-state index in [9.17, 15) is 4.79 Å². The van der Waals surface area contributed by atoms with Gasteiger partial charge in [0.1, 0.15) is 0 Å². The van der Waals surface area contributed by atoms with Crippen LogP contribution in [0.5, 0.6) is 0 Å². The molecular weight excluding hydrogens is 244 g/mol. The standard InChI is InChI=1S/C9H20O5Si2/c1-7-9(10)11-8-12-16(5,6)14-13-15(2,3)4/h7H,1,8H2,2-6H3. The Labute approximate surface area is 98.6 Å². The van der Waals surface area contributed by atoms with Crippen LogP contribution < -0.4 is 0 Å². The zero-order valence-corrected chi connectivity index (χ0v) is 12.5. The molecule has 0 aliphatic carbocycles. The molecule has 0 amide bonds. The van der Waals surface area contributed by atoms with E-state index in [1.165, 1.54) is 0 Å². The van der Waals surface area contributed by atoms with Crippen molar-refractivity contribution >= 4 is 22.8 Å². The summed E-state index contributed by atoms with van der Waals surface area (Å²) in [5.74, 6) is -0.518. The van der Waals surface area contributed by atoms with Crippen LogP contribution >= 0.6 is 0 Å². The van der Waals surface area contributed by atoms with E-state index in [2.05, 4.69) is 6.58 Å². The Morgan fingerprint density at radius 2 is 1.75 bits per heavy atom. The molecule has 16 heavy (non-hydrogen) atoms. The molecule has 0 aliphatic rings. The van der Waals surface area contributed by atoms with Gasteiger partial charge in [-0.25, -0.2) is 4.79 Å². The van der Waals surface area contributed by atoms with Crippen LogP contribution in [0.3, 0.4) is 0 Å². The van der Waals surface area contributed by atoms with Crippen LogP contribution in [0.15, 0.2) is 12.7 Å². The number of ether oxygens (including phenoxy) is 1. The summed E-state index contributed by atoms with van der Waals surface area (Å²) in [6.07, 6.45) is 1.08. The Bertz CT molecular complexity index is 247. The average Bonchev–Trinajstić information content (AvgIpc) is 2.13. The lowest BCUT2D eigenvalue weighted by molar-refractivity contribution is -0.162. The summed E-state index contributed by atoms with van der Waals surface area (Å²) in [4.78, 5) is 10.7. The van der Waals surface area contributed by atoms with Gasteiger partial charge in [0.2, 0.25) is 8.32 Å². The molecule has 0 unspecified atom stereocenters. The maximum absolute atomic E-state index is 10.7. The van der Waals surface area contributed by atoms with Gasteiger partial charge < -0.3 is 9.16 Å². The van der Waals surface area contributed by atoms with E-state index in [0.29, 0.717) is 0 Å². The highest BCUT2D eigenvalue weighted by molar-refractivity contribution is 6.70. The monoisotopic (exact) mass is 264 g/mol. The first-order valence-electron chi connectivity index (χ1n) is 4.96. The van der Waals surface area contributed by atoms with Gasteiger partial charge in [0.15, 0.2) is 6.79 Å². The van der Waals surface area contributed by atoms with Crippen LogP contribution in [0.2, 0.25) is 32.7 Å². The summed E-state index contributed by atoms with van der Waals surface area (Å²) >= 11 is 0. The molecule has 7 heteroatoms. The van der Waals surface area contributed by atoms with Crippen molar-refractivity contribution in [2.75, 3.05) is 6.79 Å². The second kappa shape index (κ2) is 6.31. The van der Waals surface area contributed by atoms with Crippen molar-refractivity contribution in [3.63, 3.8) is 0 Å². The quantitative estimate of drug-likeness (QED) is 0.176. The fourth-order valence-corrected chi connectivity index (χ4v) is 2.73. The molecule has 5 nitrogen and oxygen atoms in total. The number of rotatable bonds is 7. The second-order valence-corrected chi connectivity index (χ2v) is 12.3. The van der Waals surface area contributed by atoms with Crippen LogP contribution in [0, 0.1) is 0 Å². The van der Waals surface area contributed by atoms with Crippen LogP contribution in [0.4, 0.5) is 0 Å². The third kappa shape index (κ3) is 8.80. The van der Waals surface area contributed by atoms with E-state index >= 15 is 0 Å². The highest BCUT2D eigenvalue weighted by atomic mass is 28.4. The molecule has 0 aromatic heterocycles. The number of esters is 1. The van der Waals surface area contributed by atoms with Crippen molar-refractivity contribution in [3.05, 3.63) is 12.7 Å². The largest absolute Gasteiger partial charge is 0.436 e. The van der Waals surface area contributed by atoms with E-state index in [1.807, 2.05) is 32.7 Å². The van der Waals surface area contributed by atoms with Crippen molar-refractivity contribution < 1.29 is 23.1 Å². The summed E-state index contributed by atoms with van der Waals surface area (Å²) in [5, 5.41) is 0. The minimum Gasteiger partial charge on any atom is -0.436 e. The summed E-state index contributed by atoms with van der Waals surface area (Å²) in [6.45, 7) is 12.8. The minimum atomic E-state index is -2.39. The van der Waals surface area contributed by atoms with E-state index in [-0.39, 0.29) is 6.79 Å². The van der Waals surface area contributed by atoms with Gasteiger partial charge in [-0.2, -0.15) is 0 Å². The number of carbonyl (C=O) groups is 1. The first-order chi connectivity index (χ1) is 7.16. The highest BCUT2D eigenvalue weighted by Crippen LogP contribution is 2.12. The first kappa shape index (κ1) is 15.5. The molecule has 0 atom stereocenters. The van der Waals surface area contributed by atoms with Crippen LogP contribution in [-0.4, -0.2) is 29.6 Å². The number of hydrogen-bond donors (Lipinski definition) is 0. The van der Waals surface area contributed by atoms with Crippen molar-refractivity contribution in [1.82, 2.24) is 0 Å². The Hall–Kier alpha value is -0.476. The fraction of sp³-hybridized carbons (Fsp3) is 0.667. The predicted octanol–water partition coefficient (Wildman–Crippen LogP) is 2.17. The van der Waals surface area contributed by atoms with Crippen molar-refractivity contribution in [1.29, 1.82) is 0 Å². The summed E-state index contributed by atoms with van der Waals surface area (Å²) in [7, 11) is -4.12. The van der Waals surface area contributed by atoms with Gasteiger partial charge in [0, 0.05) is 6.08 Å². The molecule has 0 N–H and O–H groups in total. The smallest absolute Gasteiger partial charge is 0.369 e. The van der Waals surface area contributed by atoms with Gasteiger partial charge >= 0.3 is 14.5 Å². The van der Waals surface area contributed by atoms with E-state index in [1.54, 1.807) is 0 Å². The molecule has 0 heterocycles. The third-order valence-corrected chi connectivity index (χ3v) is 3.31. The lowest BCUT2D eigenvalue weighted by Gasteiger charge is -2.25. The second-order valence-electron chi connectivity index (χ2n) is 4.61. The molecule has 0 saturated heterocycles. The Morgan fingerprint density at radius 1 is 1.19 bits per heavy atom. The maximum atomic E-state index is 10.7. The van der Waals surface area contributed by atoms with Crippen LogP contribution in [-0.2, 0) is 23.1 Å². The van der Waals surface area contributed by atoms with E-state index in [4.69, 9.17) is 18.3 Å². The van der Waals surface area contributed by atoms with Gasteiger partial charge in [-0.15, -0.1) is 0 Å². The Kier molecular flexibility index (Phi) is 6.12. The summed E-state index contributed by atoms with van der Waals surface area (Å²) in [6, 6.07) is 0. The minimum absolute atomic E-state index is 0.140. The van der Waals surface area contributed by atoms with Gasteiger partial charge in [-0.1, -0.05) is 6.58 Å². The number of carbonyl (C=O) groups excluding carboxylic acids is 1. The Morgan fingerprint density at radius 3 is 2.19 bits per heavy atom. The average molecular weight is 264 g/mol. The number of hydrogen-bond acceptors (Lipinski definition) is 5. The van der Waals surface area contributed by atoms with Crippen LogP contribution in [0.1, 0.15) is 0 Å². The molecular formula is C9H20O5Si2. The molecule has 94 valence electrons. The highest BCUT2D eigenvalue weighted by Gasteiger charge is 2.30. The summed E-state index contributed by atoms with van der Waals surface area (Å²) in [5.41, 5.74) is 0. The van der Waals surface area contributed by atoms with Gasteiger partial charge in [0.05, 0.1) is 0 Å². The van der Waals surface area contributed by atoms with Gasteiger partial charge in [-0.3, -0.25) is 9.15 Å². The van der Waals surface area contributed by atoms with Crippen LogP contribution in [0.25, 0.3) is 0 Å². The van der Waals surface area contributed by atoms with Gasteiger partial charge in [-0.05, 0) is 32.7 Å². The molecule has 0 radical (unpaired) electrons. The zero-order valence-electron chi connectivity index (χ0n) is 10.5. The third-order valence-electron chi connectivity index (χ3n) is 1.27. The molecule has 0 bridgehead atoms. The predicted molar refractivity (Wildman–Crippen MR) is 65.2 cm³/mol. The molecule has 0 spiro atoms. The van der Waals surface area contributed by atoms with Crippen molar-refractivity contribution in [3.8, 4) is 0 Å². The molecule has 0 aromatic carbocycles. The first-order valence-corrected chi connectivity index (χ1v) is 11.2. The lowest BCUT2D eigenvalue weighted by atomic mass is 10.7. The SMILES string of the molecule is C=CC(=O)OCO[Si](C)(C)OO[Si](C)(C)C. The zero-order chi connectivity index (χ0) is 12.8. The molecule has 0 aromatic rings. The molecule has 0 rings (SSSR count). The molecule has 0 fully saturated rings. The van der Waals surface area contributed by atoms with E-state index < -0.39 is 22.8 Å². The fourth-order valence-electron chi connectivity index (χ4n) is 0.538. The van der Waals surface area contributed by atoms with E-state index in [0.717, 1.165) is 6.08 Å². The van der Waals surface area contributed by atoms with Crippen molar-refractivity contribution in [2.24, 2.45) is 0 Å². The lowest BCUT2D eigenvalue weighted by Crippen LogP contribution is -2.40. The Balaban J connectivity index is 3.87. The topological polar surface area (TPSA) is 54.0 Å².